The highest BCUT2D eigenvalue weighted by Gasteiger charge is 2.47. The van der Waals surface area contributed by atoms with Crippen molar-refractivity contribution in [2.75, 3.05) is 0 Å². The van der Waals surface area contributed by atoms with Gasteiger partial charge in [0.1, 0.15) is 0 Å². The summed E-state index contributed by atoms with van der Waals surface area (Å²) in [5, 5.41) is 10.3. The molecule has 2 unspecified atom stereocenters. The van der Waals surface area contributed by atoms with Gasteiger partial charge in [0.2, 0.25) is 0 Å². The van der Waals surface area contributed by atoms with E-state index in [9.17, 15) is 5.11 Å². The van der Waals surface area contributed by atoms with Gasteiger partial charge in [-0.1, -0.05) is 44.2 Å². The Kier molecular flexibility index (Phi) is 4.87. The third-order valence-corrected chi connectivity index (χ3v) is 5.97. The van der Waals surface area contributed by atoms with Crippen molar-refractivity contribution >= 4 is 0 Å². The van der Waals surface area contributed by atoms with Crippen molar-refractivity contribution in [3.63, 3.8) is 0 Å². The zero-order chi connectivity index (χ0) is 19.2. The first kappa shape index (κ1) is 18.7. The van der Waals surface area contributed by atoms with Crippen LogP contribution < -0.4 is 0 Å². The summed E-state index contributed by atoms with van der Waals surface area (Å²) in [6, 6.07) is 13.4. The Morgan fingerprint density at radius 1 is 1.19 bits per heavy atom. The first-order valence-corrected chi connectivity index (χ1v) is 10.1. The van der Waals surface area contributed by atoms with Gasteiger partial charge < -0.3 is 14.6 Å². The van der Waals surface area contributed by atoms with E-state index in [4.69, 9.17) is 9.47 Å². The molecule has 2 aliphatic rings. The van der Waals surface area contributed by atoms with E-state index in [-0.39, 0.29) is 12.2 Å². The molecular formula is C24H30O3. The van der Waals surface area contributed by atoms with Gasteiger partial charge in [-0.05, 0) is 66.5 Å². The normalized spacial score (nSPS) is 27.3. The second-order valence-corrected chi connectivity index (χ2v) is 8.57. The minimum Gasteiger partial charge on any atom is -0.393 e. The highest BCUT2D eigenvalue weighted by molar-refractivity contribution is 5.44. The minimum absolute atomic E-state index is 0.00645. The van der Waals surface area contributed by atoms with Crippen molar-refractivity contribution in [3.8, 4) is 0 Å². The Morgan fingerprint density at radius 2 is 1.93 bits per heavy atom. The summed E-state index contributed by atoms with van der Waals surface area (Å²) >= 11 is 0. The van der Waals surface area contributed by atoms with Gasteiger partial charge in [0, 0.05) is 12.0 Å². The molecule has 3 nitrogen and oxygen atoms in total. The quantitative estimate of drug-likeness (QED) is 0.835. The minimum atomic E-state index is -0.781. The number of ether oxygens (including phenoxy) is 2. The zero-order valence-corrected chi connectivity index (χ0v) is 16.8. The van der Waals surface area contributed by atoms with E-state index in [1.54, 1.807) is 0 Å². The van der Waals surface area contributed by atoms with Crippen LogP contribution in [0.4, 0.5) is 0 Å². The molecule has 1 spiro atoms. The number of fused-ring (bicyclic) bond motifs is 2. The number of aliphatic hydroxyl groups is 1. The van der Waals surface area contributed by atoms with E-state index in [1.165, 1.54) is 27.8 Å². The van der Waals surface area contributed by atoms with Gasteiger partial charge in [0.15, 0.2) is 5.79 Å². The molecule has 0 saturated carbocycles. The third kappa shape index (κ3) is 3.56. The maximum absolute atomic E-state index is 10.3. The Balaban J connectivity index is 1.65. The Bertz CT molecular complexity index is 812. The van der Waals surface area contributed by atoms with Gasteiger partial charge in [-0.3, -0.25) is 0 Å². The van der Waals surface area contributed by atoms with Gasteiger partial charge >= 0.3 is 0 Å². The summed E-state index contributed by atoms with van der Waals surface area (Å²) in [5.74, 6) is -0.231. The SMILES string of the molecule is Cc1cc2c(cc1Cc1ccc(C(C)C)cc1)[C@]1(CC(O)CC(C)O1)OC2. The highest BCUT2D eigenvalue weighted by atomic mass is 16.7. The van der Waals surface area contributed by atoms with Gasteiger partial charge in [-0.25, -0.2) is 0 Å². The molecule has 0 bridgehead atoms. The van der Waals surface area contributed by atoms with E-state index in [2.05, 4.69) is 57.2 Å². The highest BCUT2D eigenvalue weighted by Crippen LogP contribution is 2.46. The predicted molar refractivity (Wildman–Crippen MR) is 107 cm³/mol. The van der Waals surface area contributed by atoms with Crippen molar-refractivity contribution in [1.82, 2.24) is 0 Å². The Morgan fingerprint density at radius 3 is 2.59 bits per heavy atom. The zero-order valence-electron chi connectivity index (χ0n) is 16.8. The van der Waals surface area contributed by atoms with E-state index >= 15 is 0 Å². The molecule has 144 valence electrons. The molecule has 1 fully saturated rings. The van der Waals surface area contributed by atoms with Crippen molar-refractivity contribution in [1.29, 1.82) is 0 Å². The molecule has 0 radical (unpaired) electrons. The van der Waals surface area contributed by atoms with Crippen molar-refractivity contribution < 1.29 is 14.6 Å². The molecule has 2 heterocycles. The molecule has 2 aromatic rings. The fourth-order valence-electron chi connectivity index (χ4n) is 4.45. The molecule has 3 atom stereocenters. The molecule has 1 saturated heterocycles. The van der Waals surface area contributed by atoms with E-state index in [1.807, 2.05) is 6.92 Å². The summed E-state index contributed by atoms with van der Waals surface area (Å²) in [5.41, 5.74) is 7.56. The topological polar surface area (TPSA) is 38.7 Å². The van der Waals surface area contributed by atoms with Crippen LogP contribution in [0.1, 0.15) is 72.9 Å². The molecule has 27 heavy (non-hydrogen) atoms. The summed E-state index contributed by atoms with van der Waals surface area (Å²) in [6.07, 6.45) is 1.68. The summed E-state index contributed by atoms with van der Waals surface area (Å²) in [4.78, 5) is 0. The largest absolute Gasteiger partial charge is 0.393 e. The van der Waals surface area contributed by atoms with Crippen LogP contribution in [0.3, 0.4) is 0 Å². The molecule has 2 aromatic carbocycles. The summed E-state index contributed by atoms with van der Waals surface area (Å²) in [7, 11) is 0. The summed E-state index contributed by atoms with van der Waals surface area (Å²) in [6.45, 7) is 9.18. The number of hydrogen-bond acceptors (Lipinski definition) is 3. The van der Waals surface area contributed by atoms with Crippen LogP contribution >= 0.6 is 0 Å². The smallest absolute Gasteiger partial charge is 0.198 e. The van der Waals surface area contributed by atoms with Gasteiger partial charge in [-0.2, -0.15) is 0 Å². The number of hydrogen-bond donors (Lipinski definition) is 1. The van der Waals surface area contributed by atoms with Gasteiger partial charge in [0.05, 0.1) is 18.8 Å². The lowest BCUT2D eigenvalue weighted by Crippen LogP contribution is -2.43. The molecule has 0 amide bonds. The number of aliphatic hydroxyl groups excluding tert-OH is 1. The number of aryl methyl sites for hydroxylation is 1. The van der Waals surface area contributed by atoms with E-state index < -0.39 is 5.79 Å². The van der Waals surface area contributed by atoms with Crippen LogP contribution in [-0.2, 0) is 28.3 Å². The lowest BCUT2D eigenvalue weighted by atomic mass is 9.88. The Hall–Kier alpha value is -1.68. The van der Waals surface area contributed by atoms with E-state index in [0.717, 1.165) is 12.0 Å². The molecule has 4 rings (SSSR count). The first-order valence-electron chi connectivity index (χ1n) is 10.1. The monoisotopic (exact) mass is 366 g/mol. The molecular weight excluding hydrogens is 336 g/mol. The second kappa shape index (κ2) is 7.05. The van der Waals surface area contributed by atoms with Crippen LogP contribution in [0.15, 0.2) is 36.4 Å². The fourth-order valence-corrected chi connectivity index (χ4v) is 4.45. The molecule has 3 heteroatoms. The lowest BCUT2D eigenvalue weighted by Gasteiger charge is -2.39. The Labute approximate surface area is 162 Å². The van der Waals surface area contributed by atoms with Crippen molar-refractivity contribution in [2.24, 2.45) is 0 Å². The molecule has 1 N–H and O–H groups in total. The van der Waals surface area contributed by atoms with Crippen LogP contribution in [-0.4, -0.2) is 17.3 Å². The van der Waals surface area contributed by atoms with Crippen LogP contribution in [0.5, 0.6) is 0 Å². The molecule has 2 aliphatic heterocycles. The van der Waals surface area contributed by atoms with Crippen molar-refractivity contribution in [3.05, 3.63) is 69.8 Å². The number of rotatable bonds is 3. The second-order valence-electron chi connectivity index (χ2n) is 8.57. The van der Waals surface area contributed by atoms with Crippen molar-refractivity contribution in [2.45, 2.75) is 77.5 Å². The lowest BCUT2D eigenvalue weighted by molar-refractivity contribution is -0.295. The first-order chi connectivity index (χ1) is 12.9. The average Bonchev–Trinajstić information content (AvgIpc) is 2.91. The third-order valence-electron chi connectivity index (χ3n) is 5.97. The van der Waals surface area contributed by atoms with E-state index in [0.29, 0.717) is 25.4 Å². The standard InChI is InChI=1S/C24H30O3/c1-15(2)19-7-5-18(6-8-19)11-20-12-23-21(9-16(20)3)14-26-24(23)13-22(25)10-17(4)27-24/h5-9,12,15,17,22,25H,10-11,13-14H2,1-4H3/t17?,22?,24-/m1/s1. The predicted octanol–water partition coefficient (Wildman–Crippen LogP) is 4.95. The maximum Gasteiger partial charge on any atom is 0.198 e. The number of benzene rings is 2. The molecule has 0 aromatic heterocycles. The van der Waals surface area contributed by atoms with Gasteiger partial charge in [0.25, 0.3) is 0 Å². The molecule has 0 aliphatic carbocycles. The summed E-state index contributed by atoms with van der Waals surface area (Å²) < 4.78 is 12.3. The van der Waals surface area contributed by atoms with Crippen LogP contribution in [0.2, 0.25) is 0 Å². The fraction of sp³-hybridized carbons (Fsp3) is 0.500. The van der Waals surface area contributed by atoms with Crippen LogP contribution in [0, 0.1) is 6.92 Å². The average molecular weight is 367 g/mol. The van der Waals surface area contributed by atoms with Gasteiger partial charge in [-0.15, -0.1) is 0 Å². The van der Waals surface area contributed by atoms with Crippen LogP contribution in [0.25, 0.3) is 0 Å². The maximum atomic E-state index is 10.3.